The second-order valence-corrected chi connectivity index (χ2v) is 5.56. The van der Waals surface area contributed by atoms with E-state index in [9.17, 15) is 0 Å². The highest BCUT2D eigenvalue weighted by Gasteiger charge is 2.20. The Hall–Kier alpha value is -0.610. The van der Waals surface area contributed by atoms with Crippen LogP contribution in [0.5, 0.6) is 0 Å². The fourth-order valence-corrected chi connectivity index (χ4v) is 2.06. The minimum atomic E-state index is -0.137. The number of amidine groups is 1. The van der Waals surface area contributed by atoms with E-state index in [1.165, 1.54) is 6.42 Å². The highest BCUT2D eigenvalue weighted by Crippen LogP contribution is 2.22. The van der Waals surface area contributed by atoms with Crippen LogP contribution in [0.3, 0.4) is 0 Å². The molecular weight excluding hydrogens is 214 g/mol. The molecule has 0 bridgehead atoms. The van der Waals surface area contributed by atoms with Gasteiger partial charge < -0.3 is 15.4 Å². The van der Waals surface area contributed by atoms with Gasteiger partial charge in [-0.15, -0.1) is 0 Å². The summed E-state index contributed by atoms with van der Waals surface area (Å²) in [6.45, 7) is 9.26. The standard InChI is InChI=1S/C13H27N3O/c1-13(2,12(14)15)6-3-4-7-16-8-5-10-17-11-9-16/h3-11H2,1-2H3,(H3,14,15). The largest absolute Gasteiger partial charge is 0.387 e. The molecule has 1 fully saturated rings. The second-order valence-electron chi connectivity index (χ2n) is 5.56. The lowest BCUT2D eigenvalue weighted by molar-refractivity contribution is 0.141. The maximum absolute atomic E-state index is 7.51. The molecule has 1 rings (SSSR count). The number of hydrogen-bond donors (Lipinski definition) is 2. The van der Waals surface area contributed by atoms with Gasteiger partial charge in [0.05, 0.1) is 12.4 Å². The van der Waals surface area contributed by atoms with E-state index in [1.807, 2.05) is 0 Å². The van der Waals surface area contributed by atoms with Crippen LogP contribution in [0.2, 0.25) is 0 Å². The molecule has 0 saturated carbocycles. The molecule has 4 heteroatoms. The molecule has 1 aliphatic rings. The van der Waals surface area contributed by atoms with Gasteiger partial charge in [-0.05, 0) is 25.8 Å². The predicted molar refractivity (Wildman–Crippen MR) is 71.4 cm³/mol. The molecule has 4 nitrogen and oxygen atoms in total. The summed E-state index contributed by atoms with van der Waals surface area (Å²) in [5, 5.41) is 7.51. The van der Waals surface area contributed by atoms with Crippen molar-refractivity contribution in [2.75, 3.05) is 32.8 Å². The lowest BCUT2D eigenvalue weighted by Crippen LogP contribution is -2.31. The van der Waals surface area contributed by atoms with Crippen LogP contribution >= 0.6 is 0 Å². The molecule has 0 atom stereocenters. The fourth-order valence-electron chi connectivity index (χ4n) is 2.06. The third-order valence-corrected chi connectivity index (χ3v) is 3.57. The summed E-state index contributed by atoms with van der Waals surface area (Å²) in [4.78, 5) is 2.48. The number of ether oxygens (including phenoxy) is 1. The SMILES string of the molecule is CC(C)(CCCCN1CCCOCC1)C(=N)N. The first-order valence-electron chi connectivity index (χ1n) is 6.67. The molecule has 17 heavy (non-hydrogen) atoms. The third kappa shape index (κ3) is 5.50. The van der Waals surface area contributed by atoms with Gasteiger partial charge in [0.2, 0.25) is 0 Å². The molecule has 0 unspecified atom stereocenters. The van der Waals surface area contributed by atoms with Crippen LogP contribution in [-0.4, -0.2) is 43.6 Å². The van der Waals surface area contributed by atoms with Crippen molar-refractivity contribution in [2.24, 2.45) is 11.1 Å². The molecule has 0 spiro atoms. The van der Waals surface area contributed by atoms with E-state index in [1.54, 1.807) is 0 Å². The van der Waals surface area contributed by atoms with E-state index in [0.29, 0.717) is 5.84 Å². The minimum absolute atomic E-state index is 0.137. The summed E-state index contributed by atoms with van der Waals surface area (Å²) in [5.74, 6) is 0.306. The molecule has 1 saturated heterocycles. The Kier molecular flexibility index (Phi) is 5.92. The maximum atomic E-state index is 7.51. The first kappa shape index (κ1) is 14.5. The van der Waals surface area contributed by atoms with E-state index < -0.39 is 0 Å². The average Bonchev–Trinajstić information content (AvgIpc) is 2.52. The molecular formula is C13H27N3O. The van der Waals surface area contributed by atoms with Crippen molar-refractivity contribution in [3.8, 4) is 0 Å². The van der Waals surface area contributed by atoms with Crippen molar-refractivity contribution >= 4 is 5.84 Å². The Morgan fingerprint density at radius 3 is 2.76 bits per heavy atom. The highest BCUT2D eigenvalue weighted by molar-refractivity contribution is 5.82. The number of unbranched alkanes of at least 4 members (excludes halogenated alkanes) is 1. The number of nitrogens with one attached hydrogen (secondary N) is 1. The van der Waals surface area contributed by atoms with E-state index in [4.69, 9.17) is 15.9 Å². The predicted octanol–water partition coefficient (Wildman–Crippen LogP) is 1.84. The highest BCUT2D eigenvalue weighted by atomic mass is 16.5. The average molecular weight is 241 g/mol. The first-order chi connectivity index (χ1) is 8.02. The Bertz CT molecular complexity index is 233. The topological polar surface area (TPSA) is 62.3 Å². The van der Waals surface area contributed by atoms with Crippen LogP contribution in [-0.2, 0) is 4.74 Å². The smallest absolute Gasteiger partial charge is 0.0963 e. The molecule has 0 aromatic heterocycles. The molecule has 0 aromatic rings. The van der Waals surface area contributed by atoms with Gasteiger partial charge in [0.1, 0.15) is 0 Å². The first-order valence-corrected chi connectivity index (χ1v) is 6.67. The number of rotatable bonds is 6. The molecule has 0 amide bonds. The van der Waals surface area contributed by atoms with Crippen molar-refractivity contribution in [2.45, 2.75) is 39.5 Å². The second kappa shape index (κ2) is 6.97. The lowest BCUT2D eigenvalue weighted by atomic mass is 9.86. The van der Waals surface area contributed by atoms with Gasteiger partial charge in [0.25, 0.3) is 0 Å². The van der Waals surface area contributed by atoms with Gasteiger partial charge in [0.15, 0.2) is 0 Å². The molecule has 0 aliphatic carbocycles. The number of nitrogens with zero attached hydrogens (tertiary/aromatic N) is 1. The zero-order chi connectivity index (χ0) is 12.7. The van der Waals surface area contributed by atoms with Gasteiger partial charge in [-0.25, -0.2) is 0 Å². The minimum Gasteiger partial charge on any atom is -0.387 e. The molecule has 100 valence electrons. The van der Waals surface area contributed by atoms with Gasteiger partial charge in [-0.2, -0.15) is 0 Å². The number of nitrogens with two attached hydrogens (primary N) is 1. The van der Waals surface area contributed by atoms with Crippen LogP contribution < -0.4 is 5.73 Å². The fraction of sp³-hybridized carbons (Fsp3) is 0.923. The summed E-state index contributed by atoms with van der Waals surface area (Å²) in [7, 11) is 0. The van der Waals surface area contributed by atoms with Crippen LogP contribution in [0.1, 0.15) is 39.5 Å². The van der Waals surface area contributed by atoms with Gasteiger partial charge in [-0.3, -0.25) is 5.41 Å². The monoisotopic (exact) mass is 241 g/mol. The Balaban J connectivity index is 2.12. The molecule has 0 aromatic carbocycles. The molecule has 0 radical (unpaired) electrons. The van der Waals surface area contributed by atoms with Gasteiger partial charge >= 0.3 is 0 Å². The van der Waals surface area contributed by atoms with Crippen LogP contribution in [0, 0.1) is 10.8 Å². The van der Waals surface area contributed by atoms with Gasteiger partial charge in [-0.1, -0.05) is 20.3 Å². The van der Waals surface area contributed by atoms with Gasteiger partial charge in [0, 0.05) is 25.1 Å². The van der Waals surface area contributed by atoms with E-state index in [-0.39, 0.29) is 5.41 Å². The van der Waals surface area contributed by atoms with Crippen molar-refractivity contribution in [3.63, 3.8) is 0 Å². The van der Waals surface area contributed by atoms with Crippen molar-refractivity contribution in [1.82, 2.24) is 4.90 Å². The Morgan fingerprint density at radius 2 is 2.06 bits per heavy atom. The zero-order valence-corrected chi connectivity index (χ0v) is 11.3. The van der Waals surface area contributed by atoms with E-state index in [0.717, 1.165) is 52.1 Å². The summed E-state index contributed by atoms with van der Waals surface area (Å²) in [6, 6.07) is 0. The Morgan fingerprint density at radius 1 is 1.29 bits per heavy atom. The summed E-state index contributed by atoms with van der Waals surface area (Å²) in [6.07, 6.45) is 4.49. The van der Waals surface area contributed by atoms with Crippen molar-refractivity contribution < 1.29 is 4.74 Å². The van der Waals surface area contributed by atoms with Crippen LogP contribution in [0.25, 0.3) is 0 Å². The zero-order valence-electron chi connectivity index (χ0n) is 11.3. The summed E-state index contributed by atoms with van der Waals surface area (Å²) >= 11 is 0. The molecule has 1 aliphatic heterocycles. The number of hydrogen-bond acceptors (Lipinski definition) is 3. The maximum Gasteiger partial charge on any atom is 0.0963 e. The van der Waals surface area contributed by atoms with Crippen LogP contribution in [0.15, 0.2) is 0 Å². The van der Waals surface area contributed by atoms with Crippen LogP contribution in [0.4, 0.5) is 0 Å². The normalized spacial score (nSPS) is 18.9. The van der Waals surface area contributed by atoms with E-state index in [2.05, 4.69) is 18.7 Å². The summed E-state index contributed by atoms with van der Waals surface area (Å²) < 4.78 is 5.43. The van der Waals surface area contributed by atoms with Crippen molar-refractivity contribution in [1.29, 1.82) is 5.41 Å². The third-order valence-electron chi connectivity index (χ3n) is 3.57. The van der Waals surface area contributed by atoms with Crippen molar-refractivity contribution in [3.05, 3.63) is 0 Å². The van der Waals surface area contributed by atoms with E-state index >= 15 is 0 Å². The quantitative estimate of drug-likeness (QED) is 0.424. The molecule has 3 N–H and O–H groups in total. The summed E-state index contributed by atoms with van der Waals surface area (Å²) in [5.41, 5.74) is 5.44. The molecule has 1 heterocycles. The lowest BCUT2D eigenvalue weighted by Gasteiger charge is -2.24. The Labute approximate surface area is 105 Å².